The van der Waals surface area contributed by atoms with E-state index in [1.54, 1.807) is 24.3 Å². The molecule has 0 spiro atoms. The molecule has 1 aromatic heterocycles. The molecule has 2 aromatic rings. The molecule has 2 heterocycles. The van der Waals surface area contributed by atoms with Gasteiger partial charge in [0.15, 0.2) is 6.10 Å². The van der Waals surface area contributed by atoms with E-state index in [2.05, 4.69) is 10.3 Å². The van der Waals surface area contributed by atoms with E-state index in [-0.39, 0.29) is 5.91 Å². The number of anilines is 1. The molecule has 108 valence electrons. The Labute approximate surface area is 126 Å². The third-order valence-corrected chi connectivity index (χ3v) is 3.44. The lowest BCUT2D eigenvalue weighted by Gasteiger charge is -2.11. The van der Waals surface area contributed by atoms with Crippen LogP contribution < -0.4 is 14.8 Å². The van der Waals surface area contributed by atoms with E-state index in [1.165, 1.54) is 13.3 Å². The van der Waals surface area contributed by atoms with Crippen LogP contribution in [0.3, 0.4) is 0 Å². The van der Waals surface area contributed by atoms with Crippen LogP contribution in [-0.2, 0) is 11.2 Å². The molecule has 1 aromatic carbocycles. The normalized spacial score (nSPS) is 16.0. The highest BCUT2D eigenvalue weighted by Gasteiger charge is 2.29. The van der Waals surface area contributed by atoms with Crippen LogP contribution in [0.1, 0.15) is 5.56 Å². The molecule has 0 aliphatic carbocycles. The minimum Gasteiger partial charge on any atom is -0.481 e. The Morgan fingerprint density at radius 1 is 1.43 bits per heavy atom. The van der Waals surface area contributed by atoms with Gasteiger partial charge in [-0.1, -0.05) is 11.6 Å². The number of methoxy groups -OCH3 is 1. The van der Waals surface area contributed by atoms with Crippen molar-refractivity contribution in [3.8, 4) is 11.6 Å². The number of hydrogen-bond donors (Lipinski definition) is 1. The predicted molar refractivity (Wildman–Crippen MR) is 79.0 cm³/mol. The fourth-order valence-electron chi connectivity index (χ4n) is 2.16. The molecule has 0 saturated heterocycles. The van der Waals surface area contributed by atoms with Crippen molar-refractivity contribution in [2.24, 2.45) is 0 Å². The number of hydrogen-bond acceptors (Lipinski definition) is 4. The van der Waals surface area contributed by atoms with Crippen LogP contribution in [0.15, 0.2) is 36.5 Å². The van der Waals surface area contributed by atoms with E-state index in [0.29, 0.717) is 28.8 Å². The Hall–Kier alpha value is -2.27. The summed E-state index contributed by atoms with van der Waals surface area (Å²) in [6.45, 7) is 0. The van der Waals surface area contributed by atoms with Gasteiger partial charge in [-0.2, -0.15) is 0 Å². The van der Waals surface area contributed by atoms with E-state index in [1.807, 2.05) is 6.07 Å². The van der Waals surface area contributed by atoms with Crippen LogP contribution >= 0.6 is 11.6 Å². The summed E-state index contributed by atoms with van der Waals surface area (Å²) in [5.74, 6) is 0.980. The Bertz CT molecular complexity index is 673. The number of amides is 1. The van der Waals surface area contributed by atoms with Crippen LogP contribution in [0.4, 0.5) is 5.69 Å². The summed E-state index contributed by atoms with van der Waals surface area (Å²) < 4.78 is 10.6. The van der Waals surface area contributed by atoms with Gasteiger partial charge in [0.2, 0.25) is 5.88 Å². The van der Waals surface area contributed by atoms with Crippen molar-refractivity contribution in [3.63, 3.8) is 0 Å². The summed E-state index contributed by atoms with van der Waals surface area (Å²) in [6, 6.07) is 8.75. The van der Waals surface area contributed by atoms with Crippen molar-refractivity contribution in [2.45, 2.75) is 12.5 Å². The summed E-state index contributed by atoms with van der Waals surface area (Å²) in [5, 5.41) is 3.41. The van der Waals surface area contributed by atoms with E-state index >= 15 is 0 Å². The largest absolute Gasteiger partial charge is 0.481 e. The first-order valence-electron chi connectivity index (χ1n) is 6.41. The lowest BCUT2D eigenvalue weighted by atomic mass is 10.1. The van der Waals surface area contributed by atoms with Gasteiger partial charge < -0.3 is 14.8 Å². The fourth-order valence-corrected chi connectivity index (χ4v) is 2.36. The van der Waals surface area contributed by atoms with Gasteiger partial charge in [0.05, 0.1) is 19.0 Å². The second kappa shape index (κ2) is 5.61. The highest BCUT2D eigenvalue weighted by atomic mass is 35.5. The minimum atomic E-state index is -0.555. The summed E-state index contributed by atoms with van der Waals surface area (Å²) in [7, 11) is 1.54. The average molecular weight is 305 g/mol. The highest BCUT2D eigenvalue weighted by molar-refractivity contribution is 6.30. The first kappa shape index (κ1) is 13.7. The van der Waals surface area contributed by atoms with Crippen molar-refractivity contribution in [1.29, 1.82) is 0 Å². The second-order valence-corrected chi connectivity index (χ2v) is 5.08. The molecule has 6 heteroatoms. The average Bonchev–Trinajstić information content (AvgIpc) is 2.91. The zero-order valence-electron chi connectivity index (χ0n) is 11.3. The number of benzene rings is 1. The molecular formula is C15H13ClN2O3. The standard InChI is InChI=1S/C15H13ClN2O3/c1-20-14-5-3-11(8-17-14)18-15(19)13-7-9-6-10(16)2-4-12(9)21-13/h2-6,8,13H,7H2,1H3,(H,18,19)/t13-/m0/s1. The molecule has 1 atom stereocenters. The molecule has 21 heavy (non-hydrogen) atoms. The van der Waals surface area contributed by atoms with Gasteiger partial charge in [-0.25, -0.2) is 4.98 Å². The zero-order valence-corrected chi connectivity index (χ0v) is 12.1. The number of carbonyl (C=O) groups excluding carboxylic acids is 1. The van der Waals surface area contributed by atoms with Gasteiger partial charge in [-0.3, -0.25) is 4.79 Å². The van der Waals surface area contributed by atoms with Gasteiger partial charge in [0.1, 0.15) is 5.75 Å². The molecule has 1 N–H and O–H groups in total. The number of ether oxygens (including phenoxy) is 2. The number of aromatic nitrogens is 1. The number of pyridine rings is 1. The third kappa shape index (κ3) is 2.92. The van der Waals surface area contributed by atoms with Crippen molar-refractivity contribution >= 4 is 23.2 Å². The molecule has 3 rings (SSSR count). The Morgan fingerprint density at radius 2 is 2.29 bits per heavy atom. The molecule has 1 amide bonds. The van der Waals surface area contributed by atoms with Gasteiger partial charge in [-0.05, 0) is 29.8 Å². The second-order valence-electron chi connectivity index (χ2n) is 4.64. The zero-order chi connectivity index (χ0) is 14.8. The monoisotopic (exact) mass is 304 g/mol. The smallest absolute Gasteiger partial charge is 0.265 e. The van der Waals surface area contributed by atoms with Crippen LogP contribution in [0.5, 0.6) is 11.6 Å². The van der Waals surface area contributed by atoms with Gasteiger partial charge in [0, 0.05) is 17.5 Å². The summed E-state index contributed by atoms with van der Waals surface area (Å²) >= 11 is 5.93. The molecule has 1 aliphatic heterocycles. The Kier molecular flexibility index (Phi) is 3.66. The Balaban J connectivity index is 1.67. The SMILES string of the molecule is COc1ccc(NC(=O)[C@@H]2Cc3cc(Cl)ccc3O2)cn1. The molecule has 0 saturated carbocycles. The van der Waals surface area contributed by atoms with Crippen LogP contribution in [0.25, 0.3) is 0 Å². The molecular weight excluding hydrogens is 292 g/mol. The maximum absolute atomic E-state index is 12.2. The topological polar surface area (TPSA) is 60.5 Å². The number of carbonyl (C=O) groups is 1. The summed E-state index contributed by atoms with van der Waals surface area (Å²) in [4.78, 5) is 16.2. The number of nitrogens with one attached hydrogen (secondary N) is 1. The number of rotatable bonds is 3. The van der Waals surface area contributed by atoms with E-state index in [4.69, 9.17) is 21.1 Å². The first-order chi connectivity index (χ1) is 10.2. The van der Waals surface area contributed by atoms with Crippen molar-refractivity contribution in [3.05, 3.63) is 47.1 Å². The molecule has 0 radical (unpaired) electrons. The maximum atomic E-state index is 12.2. The lowest BCUT2D eigenvalue weighted by Crippen LogP contribution is -2.31. The van der Waals surface area contributed by atoms with Gasteiger partial charge in [0.25, 0.3) is 5.91 Å². The maximum Gasteiger partial charge on any atom is 0.265 e. The molecule has 5 nitrogen and oxygen atoms in total. The summed E-state index contributed by atoms with van der Waals surface area (Å²) in [6.07, 6.45) is 1.49. The first-order valence-corrected chi connectivity index (χ1v) is 6.79. The molecule has 0 unspecified atom stereocenters. The number of halogens is 1. The van der Waals surface area contributed by atoms with E-state index in [0.717, 1.165) is 5.56 Å². The van der Waals surface area contributed by atoms with Crippen LogP contribution in [-0.4, -0.2) is 24.1 Å². The van der Waals surface area contributed by atoms with Crippen molar-refractivity contribution in [1.82, 2.24) is 4.98 Å². The van der Waals surface area contributed by atoms with Crippen molar-refractivity contribution in [2.75, 3.05) is 12.4 Å². The van der Waals surface area contributed by atoms with E-state index in [9.17, 15) is 4.79 Å². The van der Waals surface area contributed by atoms with Crippen LogP contribution in [0, 0.1) is 0 Å². The van der Waals surface area contributed by atoms with E-state index < -0.39 is 6.10 Å². The minimum absolute atomic E-state index is 0.214. The highest BCUT2D eigenvalue weighted by Crippen LogP contribution is 2.31. The molecule has 1 aliphatic rings. The number of nitrogens with zero attached hydrogens (tertiary/aromatic N) is 1. The third-order valence-electron chi connectivity index (χ3n) is 3.20. The quantitative estimate of drug-likeness (QED) is 0.947. The number of fused-ring (bicyclic) bond motifs is 1. The molecule has 0 bridgehead atoms. The van der Waals surface area contributed by atoms with Gasteiger partial charge >= 0.3 is 0 Å². The lowest BCUT2D eigenvalue weighted by molar-refractivity contribution is -0.122. The Morgan fingerprint density at radius 3 is 3.00 bits per heavy atom. The van der Waals surface area contributed by atoms with Crippen molar-refractivity contribution < 1.29 is 14.3 Å². The predicted octanol–water partition coefficient (Wildman–Crippen LogP) is 2.69. The molecule has 0 fully saturated rings. The van der Waals surface area contributed by atoms with Gasteiger partial charge in [-0.15, -0.1) is 0 Å². The summed E-state index contributed by atoms with van der Waals surface area (Å²) in [5.41, 5.74) is 1.54. The van der Waals surface area contributed by atoms with Crippen LogP contribution in [0.2, 0.25) is 5.02 Å². The fraction of sp³-hybridized carbons (Fsp3) is 0.200.